The molecule has 0 unspecified atom stereocenters. The van der Waals surface area contributed by atoms with Crippen molar-refractivity contribution in [2.45, 2.75) is 0 Å². The zero-order chi connectivity index (χ0) is 13.0. The number of carbonyl (C=O) groups excluding carboxylic acids is 1. The number of esters is 1. The molecule has 2 aromatic rings. The number of ether oxygens (including phenoxy) is 1. The van der Waals surface area contributed by atoms with Crippen LogP contribution in [-0.2, 0) is 0 Å². The van der Waals surface area contributed by atoms with Gasteiger partial charge in [0.05, 0.1) is 10.5 Å². The van der Waals surface area contributed by atoms with Crippen LogP contribution in [0, 0.1) is 10.1 Å². The van der Waals surface area contributed by atoms with Crippen molar-refractivity contribution >= 4 is 11.7 Å². The number of hydrogen-bond donors (Lipinski definition) is 0. The predicted molar refractivity (Wildman–Crippen MR) is 62.3 cm³/mol. The lowest BCUT2D eigenvalue weighted by Gasteiger charge is -2.03. The highest BCUT2D eigenvalue weighted by Gasteiger charge is 2.10. The van der Waals surface area contributed by atoms with Gasteiger partial charge in [0.2, 0.25) is 0 Å². The Balaban J connectivity index is 2.10. The van der Waals surface area contributed by atoms with Crippen molar-refractivity contribution in [2.75, 3.05) is 0 Å². The minimum absolute atomic E-state index is 0.0591. The molecule has 0 atom stereocenters. The van der Waals surface area contributed by atoms with Crippen LogP contribution in [0.3, 0.4) is 0 Å². The zero-order valence-electron chi connectivity index (χ0n) is 9.15. The molecule has 0 aliphatic heterocycles. The van der Waals surface area contributed by atoms with E-state index in [4.69, 9.17) is 4.74 Å². The summed E-state index contributed by atoms with van der Waals surface area (Å²) in [4.78, 5) is 25.4. The lowest BCUT2D eigenvalue weighted by molar-refractivity contribution is -0.384. The number of pyridine rings is 1. The fraction of sp³-hybridized carbons (Fsp3) is 0. The lowest BCUT2D eigenvalue weighted by atomic mass is 10.3. The van der Waals surface area contributed by atoms with Crippen LogP contribution < -0.4 is 4.74 Å². The molecule has 6 heteroatoms. The van der Waals surface area contributed by atoms with Gasteiger partial charge in [0.25, 0.3) is 5.69 Å². The van der Waals surface area contributed by atoms with E-state index >= 15 is 0 Å². The van der Waals surface area contributed by atoms with Crippen molar-refractivity contribution in [3.8, 4) is 5.75 Å². The zero-order valence-corrected chi connectivity index (χ0v) is 9.15. The first-order valence-corrected chi connectivity index (χ1v) is 5.03. The number of nitro benzene ring substituents is 1. The maximum absolute atomic E-state index is 11.6. The van der Waals surface area contributed by atoms with Gasteiger partial charge >= 0.3 is 5.97 Å². The number of non-ortho nitro benzene ring substituents is 1. The minimum atomic E-state index is -0.558. The Hall–Kier alpha value is -2.76. The first-order chi connectivity index (χ1) is 8.66. The number of nitrogens with zero attached hydrogens (tertiary/aromatic N) is 2. The fourth-order valence-electron chi connectivity index (χ4n) is 1.29. The molecule has 0 saturated carbocycles. The average Bonchev–Trinajstić information content (AvgIpc) is 2.40. The van der Waals surface area contributed by atoms with E-state index in [1.54, 1.807) is 18.3 Å². The fourth-order valence-corrected chi connectivity index (χ4v) is 1.29. The van der Waals surface area contributed by atoms with E-state index in [0.717, 1.165) is 0 Å². The van der Waals surface area contributed by atoms with Crippen LogP contribution in [0.2, 0.25) is 0 Å². The average molecular weight is 244 g/mol. The second-order valence-electron chi connectivity index (χ2n) is 3.38. The molecule has 0 spiro atoms. The van der Waals surface area contributed by atoms with Crippen molar-refractivity contribution in [1.82, 2.24) is 4.98 Å². The summed E-state index contributed by atoms with van der Waals surface area (Å²) in [5.41, 5.74) is 0.257. The van der Waals surface area contributed by atoms with Gasteiger partial charge in [-0.3, -0.25) is 15.1 Å². The molecule has 1 aromatic carbocycles. The van der Waals surface area contributed by atoms with Gasteiger partial charge in [-0.2, -0.15) is 0 Å². The van der Waals surface area contributed by atoms with Gasteiger partial charge in [-0.15, -0.1) is 0 Å². The highest BCUT2D eigenvalue weighted by Crippen LogP contribution is 2.18. The summed E-state index contributed by atoms with van der Waals surface area (Å²) in [7, 11) is 0. The number of carbonyl (C=O) groups is 1. The Morgan fingerprint density at radius 1 is 1.22 bits per heavy atom. The van der Waals surface area contributed by atoms with Crippen molar-refractivity contribution in [1.29, 1.82) is 0 Å². The van der Waals surface area contributed by atoms with Crippen LogP contribution >= 0.6 is 0 Å². The molecular weight excluding hydrogens is 236 g/mol. The molecule has 0 saturated heterocycles. The largest absolute Gasteiger partial charge is 0.423 e. The summed E-state index contributed by atoms with van der Waals surface area (Å²) >= 11 is 0. The summed E-state index contributed by atoms with van der Waals surface area (Å²) < 4.78 is 5.03. The summed E-state index contributed by atoms with van der Waals surface area (Å²) in [6.07, 6.45) is 2.93. The molecule has 0 amide bonds. The summed E-state index contributed by atoms with van der Waals surface area (Å²) in [5, 5.41) is 10.4. The molecule has 18 heavy (non-hydrogen) atoms. The van der Waals surface area contributed by atoms with Gasteiger partial charge in [0.15, 0.2) is 0 Å². The van der Waals surface area contributed by atoms with E-state index in [1.807, 2.05) is 0 Å². The molecule has 0 bridgehead atoms. The Bertz CT molecular complexity index is 566. The third-order valence-electron chi connectivity index (χ3n) is 2.16. The maximum atomic E-state index is 11.6. The van der Waals surface area contributed by atoms with Crippen LogP contribution in [-0.4, -0.2) is 15.9 Å². The second kappa shape index (κ2) is 5.05. The molecule has 0 aliphatic carbocycles. The van der Waals surface area contributed by atoms with Gasteiger partial charge in [-0.05, 0) is 24.3 Å². The van der Waals surface area contributed by atoms with Crippen LogP contribution in [0.5, 0.6) is 5.75 Å². The van der Waals surface area contributed by atoms with Gasteiger partial charge in [0.1, 0.15) is 5.75 Å². The van der Waals surface area contributed by atoms with Crippen LogP contribution in [0.4, 0.5) is 5.69 Å². The van der Waals surface area contributed by atoms with E-state index in [0.29, 0.717) is 5.56 Å². The third kappa shape index (κ3) is 2.67. The van der Waals surface area contributed by atoms with Crippen molar-refractivity contribution in [3.05, 3.63) is 64.5 Å². The maximum Gasteiger partial charge on any atom is 0.345 e. The monoisotopic (exact) mass is 244 g/mol. The molecule has 0 N–H and O–H groups in total. The Labute approximate surface area is 102 Å². The molecule has 1 heterocycles. The number of rotatable bonds is 3. The van der Waals surface area contributed by atoms with Gasteiger partial charge in [-0.25, -0.2) is 4.79 Å². The normalized spacial score (nSPS) is 9.78. The van der Waals surface area contributed by atoms with Gasteiger partial charge in [0, 0.05) is 24.5 Å². The van der Waals surface area contributed by atoms with Crippen LogP contribution in [0.15, 0.2) is 48.8 Å². The standard InChI is InChI=1S/C12H8N2O4/c15-12(9-2-1-7-13-8-9)18-11-5-3-10(4-6-11)14(16)17/h1-8H. The molecule has 2 rings (SSSR count). The van der Waals surface area contributed by atoms with E-state index in [-0.39, 0.29) is 11.4 Å². The van der Waals surface area contributed by atoms with Crippen LogP contribution in [0.25, 0.3) is 0 Å². The van der Waals surface area contributed by atoms with Crippen molar-refractivity contribution in [2.24, 2.45) is 0 Å². The molecule has 0 aliphatic rings. The number of aromatic nitrogens is 1. The SMILES string of the molecule is O=C(Oc1ccc([N+](=O)[O-])cc1)c1cccnc1. The predicted octanol–water partition coefficient (Wildman–Crippen LogP) is 2.21. The third-order valence-corrected chi connectivity index (χ3v) is 2.16. The van der Waals surface area contributed by atoms with Crippen LogP contribution in [0.1, 0.15) is 10.4 Å². The van der Waals surface area contributed by atoms with Crippen molar-refractivity contribution < 1.29 is 14.5 Å². The second-order valence-corrected chi connectivity index (χ2v) is 3.38. The molecule has 1 aromatic heterocycles. The molecule has 0 fully saturated rings. The Morgan fingerprint density at radius 3 is 2.50 bits per heavy atom. The molecule has 0 radical (unpaired) electrons. The Morgan fingerprint density at radius 2 is 1.94 bits per heavy atom. The topological polar surface area (TPSA) is 82.3 Å². The number of benzene rings is 1. The van der Waals surface area contributed by atoms with E-state index < -0.39 is 10.9 Å². The highest BCUT2D eigenvalue weighted by molar-refractivity contribution is 5.90. The van der Waals surface area contributed by atoms with E-state index in [9.17, 15) is 14.9 Å². The molecule has 90 valence electrons. The quantitative estimate of drug-likeness (QED) is 0.358. The highest BCUT2D eigenvalue weighted by atomic mass is 16.6. The summed E-state index contributed by atoms with van der Waals surface area (Å²) in [6, 6.07) is 8.46. The summed E-state index contributed by atoms with van der Waals surface area (Å²) in [6.45, 7) is 0. The van der Waals surface area contributed by atoms with Crippen molar-refractivity contribution in [3.63, 3.8) is 0 Å². The van der Waals surface area contributed by atoms with E-state index in [1.165, 1.54) is 30.5 Å². The van der Waals surface area contributed by atoms with Gasteiger partial charge < -0.3 is 4.74 Å². The summed E-state index contributed by atoms with van der Waals surface area (Å²) in [5.74, 6) is -0.314. The Kier molecular flexibility index (Phi) is 3.29. The smallest absolute Gasteiger partial charge is 0.345 e. The molecule has 6 nitrogen and oxygen atoms in total. The number of nitro groups is 1. The van der Waals surface area contributed by atoms with E-state index in [2.05, 4.69) is 4.98 Å². The first-order valence-electron chi connectivity index (χ1n) is 5.03. The number of hydrogen-bond acceptors (Lipinski definition) is 5. The molecular formula is C12H8N2O4. The minimum Gasteiger partial charge on any atom is -0.423 e. The van der Waals surface area contributed by atoms with Gasteiger partial charge in [-0.1, -0.05) is 0 Å². The lowest BCUT2D eigenvalue weighted by Crippen LogP contribution is -2.08. The first kappa shape index (κ1) is 11.7.